The first-order valence-corrected chi connectivity index (χ1v) is 9.83. The zero-order chi connectivity index (χ0) is 18.9. The number of fused-ring (bicyclic) bond motifs is 3. The molecule has 3 heteroatoms. The molecule has 0 fully saturated rings. The molecule has 3 aromatic carbocycles. The Balaban J connectivity index is 1.42. The third-order valence-corrected chi connectivity index (χ3v) is 5.67. The number of nitrogens with zero attached hydrogens (tertiary/aromatic N) is 1. The second-order valence-electron chi connectivity index (χ2n) is 7.37. The number of hydrogen-bond donors (Lipinski definition) is 1. The SMILES string of the molecule is O=C(c1ccccc1)N1CCc2[nH]c3cc(-c4ccccc4)ccc3c2CC1. The van der Waals surface area contributed by atoms with Gasteiger partial charge in [-0.2, -0.15) is 0 Å². The Bertz CT molecular complexity index is 1130. The topological polar surface area (TPSA) is 36.1 Å². The van der Waals surface area contributed by atoms with E-state index in [2.05, 4.69) is 47.4 Å². The van der Waals surface area contributed by atoms with Gasteiger partial charge in [0.1, 0.15) is 0 Å². The average molecular weight is 366 g/mol. The highest BCUT2D eigenvalue weighted by molar-refractivity contribution is 5.94. The van der Waals surface area contributed by atoms with E-state index >= 15 is 0 Å². The average Bonchev–Trinajstić information content (AvgIpc) is 2.97. The second kappa shape index (κ2) is 7.01. The van der Waals surface area contributed by atoms with Crippen LogP contribution in [0, 0.1) is 0 Å². The predicted molar refractivity (Wildman–Crippen MR) is 113 cm³/mol. The maximum Gasteiger partial charge on any atom is 0.253 e. The van der Waals surface area contributed by atoms with Gasteiger partial charge in [0.25, 0.3) is 5.91 Å². The van der Waals surface area contributed by atoms with Gasteiger partial charge in [0.05, 0.1) is 0 Å². The summed E-state index contributed by atoms with van der Waals surface area (Å²) in [5.41, 5.74) is 7.04. The number of nitrogens with one attached hydrogen (secondary N) is 1. The van der Waals surface area contributed by atoms with Gasteiger partial charge in [-0.15, -0.1) is 0 Å². The molecule has 2 heterocycles. The van der Waals surface area contributed by atoms with Crippen molar-refractivity contribution in [2.75, 3.05) is 13.1 Å². The number of H-pyrrole nitrogens is 1. The van der Waals surface area contributed by atoms with E-state index in [1.165, 1.54) is 33.3 Å². The minimum Gasteiger partial charge on any atom is -0.358 e. The molecule has 5 rings (SSSR count). The van der Waals surface area contributed by atoms with Crippen LogP contribution in [0.25, 0.3) is 22.0 Å². The fraction of sp³-hybridized carbons (Fsp3) is 0.160. The molecule has 3 nitrogen and oxygen atoms in total. The Morgan fingerprint density at radius 2 is 1.50 bits per heavy atom. The zero-order valence-electron chi connectivity index (χ0n) is 15.7. The van der Waals surface area contributed by atoms with Crippen LogP contribution >= 0.6 is 0 Å². The van der Waals surface area contributed by atoms with E-state index in [-0.39, 0.29) is 5.91 Å². The fourth-order valence-electron chi connectivity index (χ4n) is 4.19. The summed E-state index contributed by atoms with van der Waals surface area (Å²) in [5.74, 6) is 0.126. The normalized spacial score (nSPS) is 13.9. The van der Waals surface area contributed by atoms with E-state index in [0.29, 0.717) is 0 Å². The highest BCUT2D eigenvalue weighted by Crippen LogP contribution is 2.30. The third-order valence-electron chi connectivity index (χ3n) is 5.67. The van der Waals surface area contributed by atoms with E-state index in [1.807, 2.05) is 41.3 Å². The maximum absolute atomic E-state index is 12.8. The number of carbonyl (C=O) groups is 1. The summed E-state index contributed by atoms with van der Waals surface area (Å²) in [7, 11) is 0. The van der Waals surface area contributed by atoms with Crippen molar-refractivity contribution >= 4 is 16.8 Å². The van der Waals surface area contributed by atoms with Crippen LogP contribution in [0.4, 0.5) is 0 Å². The van der Waals surface area contributed by atoms with Crippen LogP contribution in [0.15, 0.2) is 78.9 Å². The monoisotopic (exact) mass is 366 g/mol. The lowest BCUT2D eigenvalue weighted by molar-refractivity contribution is 0.0763. The quantitative estimate of drug-likeness (QED) is 0.528. The smallest absolute Gasteiger partial charge is 0.253 e. The Hall–Kier alpha value is -3.33. The number of rotatable bonds is 2. The molecule has 1 aromatic heterocycles. The largest absolute Gasteiger partial charge is 0.358 e. The minimum atomic E-state index is 0.126. The van der Waals surface area contributed by atoms with Gasteiger partial charge in [0, 0.05) is 41.7 Å². The standard InChI is InChI=1S/C25H22N2O/c28-25(19-9-5-2-6-10-19)27-15-13-22-21-12-11-20(18-7-3-1-4-8-18)17-24(21)26-23(22)14-16-27/h1-12,17,26H,13-16H2. The molecule has 28 heavy (non-hydrogen) atoms. The van der Waals surface area contributed by atoms with E-state index in [1.54, 1.807) is 0 Å². The third kappa shape index (κ3) is 2.99. The summed E-state index contributed by atoms with van der Waals surface area (Å²) in [5, 5.41) is 1.28. The molecule has 1 N–H and O–H groups in total. The highest BCUT2D eigenvalue weighted by atomic mass is 16.2. The van der Waals surface area contributed by atoms with Crippen LogP contribution in [-0.4, -0.2) is 28.9 Å². The van der Waals surface area contributed by atoms with E-state index in [0.717, 1.165) is 31.5 Å². The summed E-state index contributed by atoms with van der Waals surface area (Å²) in [4.78, 5) is 18.4. The minimum absolute atomic E-state index is 0.126. The first kappa shape index (κ1) is 16.8. The lowest BCUT2D eigenvalue weighted by Crippen LogP contribution is -2.33. The molecule has 0 saturated heterocycles. The van der Waals surface area contributed by atoms with Gasteiger partial charge in [-0.3, -0.25) is 4.79 Å². The van der Waals surface area contributed by atoms with Crippen LogP contribution in [0.1, 0.15) is 21.6 Å². The Morgan fingerprint density at radius 3 is 2.29 bits per heavy atom. The number of benzene rings is 3. The summed E-state index contributed by atoms with van der Waals surface area (Å²) in [6.45, 7) is 1.51. The molecule has 0 saturated carbocycles. The molecule has 138 valence electrons. The van der Waals surface area contributed by atoms with E-state index in [9.17, 15) is 4.79 Å². The van der Waals surface area contributed by atoms with Crippen molar-refractivity contribution < 1.29 is 4.79 Å². The molecule has 0 spiro atoms. The van der Waals surface area contributed by atoms with Crippen molar-refractivity contribution in [1.29, 1.82) is 0 Å². The number of aromatic nitrogens is 1. The van der Waals surface area contributed by atoms with Crippen molar-refractivity contribution in [1.82, 2.24) is 9.88 Å². The molecule has 0 unspecified atom stereocenters. The maximum atomic E-state index is 12.8. The molecular weight excluding hydrogens is 344 g/mol. The fourth-order valence-corrected chi connectivity index (χ4v) is 4.19. The van der Waals surface area contributed by atoms with Crippen LogP contribution in [-0.2, 0) is 12.8 Å². The van der Waals surface area contributed by atoms with Crippen molar-refractivity contribution in [3.63, 3.8) is 0 Å². The lowest BCUT2D eigenvalue weighted by Gasteiger charge is -2.20. The van der Waals surface area contributed by atoms with Gasteiger partial charge in [-0.25, -0.2) is 0 Å². The molecule has 0 atom stereocenters. The number of aromatic amines is 1. The van der Waals surface area contributed by atoms with Crippen LogP contribution in [0.3, 0.4) is 0 Å². The van der Waals surface area contributed by atoms with Crippen molar-refractivity contribution in [2.24, 2.45) is 0 Å². The highest BCUT2D eigenvalue weighted by Gasteiger charge is 2.22. The van der Waals surface area contributed by atoms with Gasteiger partial charge in [0.2, 0.25) is 0 Å². The molecule has 0 bridgehead atoms. The van der Waals surface area contributed by atoms with Crippen LogP contribution in [0.2, 0.25) is 0 Å². The molecule has 1 aliphatic heterocycles. The van der Waals surface area contributed by atoms with Crippen molar-refractivity contribution in [3.8, 4) is 11.1 Å². The lowest BCUT2D eigenvalue weighted by atomic mass is 10.0. The van der Waals surface area contributed by atoms with E-state index in [4.69, 9.17) is 0 Å². The van der Waals surface area contributed by atoms with Crippen molar-refractivity contribution in [3.05, 3.63) is 95.7 Å². The van der Waals surface area contributed by atoms with Gasteiger partial charge >= 0.3 is 0 Å². The number of amides is 1. The summed E-state index contributed by atoms with van der Waals surface area (Å²) in [6.07, 6.45) is 1.75. The van der Waals surface area contributed by atoms with Gasteiger partial charge in [-0.1, -0.05) is 60.7 Å². The molecule has 1 amide bonds. The van der Waals surface area contributed by atoms with Crippen LogP contribution in [0.5, 0.6) is 0 Å². The zero-order valence-corrected chi connectivity index (χ0v) is 15.7. The van der Waals surface area contributed by atoms with Crippen LogP contribution < -0.4 is 0 Å². The number of carbonyl (C=O) groups excluding carboxylic acids is 1. The first-order chi connectivity index (χ1) is 13.8. The Kier molecular flexibility index (Phi) is 4.21. The summed E-state index contributed by atoms with van der Waals surface area (Å²) in [6, 6.07) is 26.7. The summed E-state index contributed by atoms with van der Waals surface area (Å²) < 4.78 is 0. The van der Waals surface area contributed by atoms with Gasteiger partial charge in [0.15, 0.2) is 0 Å². The second-order valence-corrected chi connectivity index (χ2v) is 7.37. The Morgan fingerprint density at radius 1 is 0.786 bits per heavy atom. The Labute approximate surface area is 164 Å². The molecule has 0 radical (unpaired) electrons. The van der Waals surface area contributed by atoms with Crippen molar-refractivity contribution in [2.45, 2.75) is 12.8 Å². The van der Waals surface area contributed by atoms with E-state index < -0.39 is 0 Å². The van der Waals surface area contributed by atoms with Gasteiger partial charge < -0.3 is 9.88 Å². The predicted octanol–water partition coefficient (Wildman–Crippen LogP) is 5.08. The summed E-state index contributed by atoms with van der Waals surface area (Å²) >= 11 is 0. The molecule has 4 aromatic rings. The molecular formula is C25H22N2O. The first-order valence-electron chi connectivity index (χ1n) is 9.83. The molecule has 0 aliphatic carbocycles. The van der Waals surface area contributed by atoms with Gasteiger partial charge in [-0.05, 0) is 41.3 Å². The molecule has 1 aliphatic rings. The number of hydrogen-bond acceptors (Lipinski definition) is 1.